The molecule has 0 aliphatic rings. The van der Waals surface area contributed by atoms with E-state index in [0.29, 0.717) is 6.54 Å². The summed E-state index contributed by atoms with van der Waals surface area (Å²) in [4.78, 5) is 8.78. The van der Waals surface area contributed by atoms with Crippen molar-refractivity contribution in [3.63, 3.8) is 0 Å². The van der Waals surface area contributed by atoms with Gasteiger partial charge in [-0.2, -0.15) is 0 Å². The highest BCUT2D eigenvalue weighted by Crippen LogP contribution is 2.31. The first-order chi connectivity index (χ1) is 7.70. The van der Waals surface area contributed by atoms with Gasteiger partial charge >= 0.3 is 0 Å². The summed E-state index contributed by atoms with van der Waals surface area (Å²) in [7, 11) is 0. The fraction of sp³-hybridized carbons (Fsp3) is 0.273. The molecule has 0 aliphatic heterocycles. The van der Waals surface area contributed by atoms with Crippen LogP contribution in [-0.4, -0.2) is 9.97 Å². The van der Waals surface area contributed by atoms with Crippen LogP contribution >= 0.6 is 23.1 Å². The summed E-state index contributed by atoms with van der Waals surface area (Å²) >= 11 is 3.23. The van der Waals surface area contributed by atoms with Crippen LogP contribution in [0.3, 0.4) is 0 Å². The van der Waals surface area contributed by atoms with Gasteiger partial charge in [-0.3, -0.25) is 0 Å². The molecule has 16 heavy (non-hydrogen) atoms. The molecule has 2 N–H and O–H groups in total. The summed E-state index contributed by atoms with van der Waals surface area (Å²) < 4.78 is 1.02. The third-order valence-electron chi connectivity index (χ3n) is 2.24. The fourth-order valence-electron chi connectivity index (χ4n) is 1.36. The average Bonchev–Trinajstić information content (AvgIpc) is 2.64. The van der Waals surface area contributed by atoms with E-state index in [-0.39, 0.29) is 0 Å². The van der Waals surface area contributed by atoms with E-state index in [0.717, 1.165) is 20.6 Å². The monoisotopic (exact) mass is 251 g/mol. The van der Waals surface area contributed by atoms with Crippen molar-refractivity contribution in [1.82, 2.24) is 9.97 Å². The number of aromatic nitrogens is 2. The molecule has 2 rings (SSSR count). The highest BCUT2D eigenvalue weighted by Gasteiger charge is 2.09. The lowest BCUT2D eigenvalue weighted by molar-refractivity contribution is 0.941. The molecule has 0 saturated carbocycles. The zero-order valence-corrected chi connectivity index (χ0v) is 10.9. The minimum Gasteiger partial charge on any atom is -0.326 e. The molecule has 0 spiro atoms. The van der Waals surface area contributed by atoms with Crippen LogP contribution in [-0.2, 0) is 6.54 Å². The smallest absolute Gasteiger partial charge is 0.156 e. The van der Waals surface area contributed by atoms with Crippen molar-refractivity contribution in [2.45, 2.75) is 29.8 Å². The highest BCUT2D eigenvalue weighted by atomic mass is 32.2. The number of hydrogen-bond donors (Lipinski definition) is 1. The lowest BCUT2D eigenvalue weighted by Gasteiger charge is -2.07. The van der Waals surface area contributed by atoms with E-state index in [1.54, 1.807) is 23.1 Å². The highest BCUT2D eigenvalue weighted by molar-refractivity contribution is 8.01. The van der Waals surface area contributed by atoms with Crippen molar-refractivity contribution in [2.75, 3.05) is 0 Å². The van der Waals surface area contributed by atoms with Crippen LogP contribution in [0.15, 0.2) is 27.0 Å². The Hall–Kier alpha value is -0.910. The van der Waals surface area contributed by atoms with Crippen molar-refractivity contribution < 1.29 is 0 Å². The first-order valence-corrected chi connectivity index (χ1v) is 6.65. The van der Waals surface area contributed by atoms with Gasteiger partial charge in [0.2, 0.25) is 0 Å². The van der Waals surface area contributed by atoms with E-state index in [1.807, 2.05) is 24.6 Å². The first kappa shape index (κ1) is 11.6. The predicted molar refractivity (Wildman–Crippen MR) is 67.8 cm³/mol. The topological polar surface area (TPSA) is 51.8 Å². The first-order valence-electron chi connectivity index (χ1n) is 4.95. The van der Waals surface area contributed by atoms with Crippen LogP contribution < -0.4 is 5.73 Å². The van der Waals surface area contributed by atoms with Crippen LogP contribution in [0, 0.1) is 13.8 Å². The second kappa shape index (κ2) is 4.95. The third-order valence-corrected chi connectivity index (χ3v) is 4.34. The largest absolute Gasteiger partial charge is 0.326 e. The van der Waals surface area contributed by atoms with Crippen LogP contribution in [0.5, 0.6) is 0 Å². The Labute approximate surface area is 103 Å². The molecule has 2 heterocycles. The molecular weight excluding hydrogens is 238 g/mol. The molecule has 0 unspecified atom stereocenters. The molecule has 0 bridgehead atoms. The van der Waals surface area contributed by atoms with Gasteiger partial charge in [-0.25, -0.2) is 9.97 Å². The Bertz CT molecular complexity index is 494. The molecular formula is C11H13N3S2. The van der Waals surface area contributed by atoms with Gasteiger partial charge in [0.15, 0.2) is 4.34 Å². The van der Waals surface area contributed by atoms with Crippen molar-refractivity contribution in [2.24, 2.45) is 5.73 Å². The second-order valence-corrected chi connectivity index (χ2v) is 5.57. The molecule has 2 aromatic heterocycles. The number of hydrogen-bond acceptors (Lipinski definition) is 5. The van der Waals surface area contributed by atoms with Crippen LogP contribution in [0.25, 0.3) is 0 Å². The number of nitrogens with two attached hydrogens (primary N) is 1. The van der Waals surface area contributed by atoms with E-state index >= 15 is 0 Å². The molecule has 0 amide bonds. The zero-order chi connectivity index (χ0) is 11.5. The van der Waals surface area contributed by atoms with Gasteiger partial charge in [0, 0.05) is 29.4 Å². The molecule has 0 fully saturated rings. The molecule has 0 saturated heterocycles. The van der Waals surface area contributed by atoms with Gasteiger partial charge in [0.25, 0.3) is 0 Å². The maximum atomic E-state index is 5.74. The minimum absolute atomic E-state index is 0.520. The van der Waals surface area contributed by atoms with E-state index in [4.69, 9.17) is 5.73 Å². The summed E-state index contributed by atoms with van der Waals surface area (Å²) in [6.07, 6.45) is 1.82. The van der Waals surface area contributed by atoms with Crippen molar-refractivity contribution in [3.05, 3.63) is 34.5 Å². The van der Waals surface area contributed by atoms with Gasteiger partial charge < -0.3 is 5.73 Å². The Morgan fingerprint density at radius 2 is 2.25 bits per heavy atom. The lowest BCUT2D eigenvalue weighted by atomic mass is 10.2. The Morgan fingerprint density at radius 3 is 2.88 bits per heavy atom. The molecule has 0 aliphatic carbocycles. The molecule has 0 aromatic carbocycles. The van der Waals surface area contributed by atoms with E-state index in [9.17, 15) is 0 Å². The molecule has 5 heteroatoms. The summed E-state index contributed by atoms with van der Waals surface area (Å²) in [5, 5.41) is 3.01. The number of nitrogens with zero attached hydrogens (tertiary/aromatic N) is 2. The van der Waals surface area contributed by atoms with Gasteiger partial charge in [-0.15, -0.1) is 11.3 Å². The minimum atomic E-state index is 0.520. The molecule has 0 radical (unpaired) electrons. The number of thiazole rings is 1. The quantitative estimate of drug-likeness (QED) is 0.911. The van der Waals surface area contributed by atoms with Crippen LogP contribution in [0.2, 0.25) is 0 Å². The fourth-order valence-corrected chi connectivity index (χ4v) is 3.29. The molecule has 0 atom stereocenters. The van der Waals surface area contributed by atoms with Gasteiger partial charge in [-0.05, 0) is 37.2 Å². The zero-order valence-electron chi connectivity index (χ0n) is 9.23. The summed E-state index contributed by atoms with van der Waals surface area (Å²) in [6, 6.07) is 1.99. The molecule has 3 nitrogen and oxygen atoms in total. The van der Waals surface area contributed by atoms with Crippen LogP contribution in [0.1, 0.15) is 16.8 Å². The lowest BCUT2D eigenvalue weighted by Crippen LogP contribution is -2.02. The normalized spacial score (nSPS) is 10.7. The molecule has 2 aromatic rings. The maximum Gasteiger partial charge on any atom is 0.156 e. The van der Waals surface area contributed by atoms with Crippen LogP contribution in [0.4, 0.5) is 0 Å². The predicted octanol–water partition coefficient (Wildman–Crippen LogP) is 2.76. The number of rotatable bonds is 3. The Balaban J connectivity index is 2.30. The van der Waals surface area contributed by atoms with E-state index in [2.05, 4.69) is 16.9 Å². The molecule has 84 valence electrons. The van der Waals surface area contributed by atoms with Gasteiger partial charge in [-0.1, -0.05) is 0 Å². The van der Waals surface area contributed by atoms with Crippen molar-refractivity contribution in [3.8, 4) is 0 Å². The Morgan fingerprint density at radius 1 is 1.44 bits per heavy atom. The number of pyridine rings is 1. The second-order valence-electron chi connectivity index (χ2n) is 3.47. The number of aryl methyl sites for hydroxylation is 2. The maximum absolute atomic E-state index is 5.74. The third kappa shape index (κ3) is 2.42. The summed E-state index contributed by atoms with van der Waals surface area (Å²) in [5.74, 6) is 0. The van der Waals surface area contributed by atoms with E-state index < -0.39 is 0 Å². The SMILES string of the molecule is Cc1csc(Sc2nccc(C)c2CN)n1. The van der Waals surface area contributed by atoms with E-state index in [1.165, 1.54) is 5.56 Å². The summed E-state index contributed by atoms with van der Waals surface area (Å²) in [5.41, 5.74) is 9.09. The van der Waals surface area contributed by atoms with Gasteiger partial charge in [0.1, 0.15) is 5.03 Å². The Kier molecular flexibility index (Phi) is 3.58. The summed E-state index contributed by atoms with van der Waals surface area (Å²) in [6.45, 7) is 4.57. The standard InChI is InChI=1S/C11H13N3S2/c1-7-3-4-13-10(9(7)5-12)16-11-14-8(2)6-15-11/h3-4,6H,5,12H2,1-2H3. The average molecular weight is 251 g/mol. The van der Waals surface area contributed by atoms with Crippen molar-refractivity contribution >= 4 is 23.1 Å². The van der Waals surface area contributed by atoms with Gasteiger partial charge in [0.05, 0.1) is 0 Å². The van der Waals surface area contributed by atoms with Crippen molar-refractivity contribution in [1.29, 1.82) is 0 Å².